The van der Waals surface area contributed by atoms with Gasteiger partial charge in [-0.2, -0.15) is 0 Å². The first-order chi connectivity index (χ1) is 12.4. The topological polar surface area (TPSA) is 38.7 Å². The molecule has 26 heavy (non-hydrogen) atoms. The van der Waals surface area contributed by atoms with Crippen molar-refractivity contribution in [3.63, 3.8) is 0 Å². The molecule has 148 valence electrons. The molecule has 0 bridgehead atoms. The molecule has 0 aromatic heterocycles. The molecule has 0 aromatic rings. The molecule has 1 N–H and O–H groups in total. The maximum Gasteiger partial charge on any atom is 0.174 e. The summed E-state index contributed by atoms with van der Waals surface area (Å²) < 4.78 is 12.5. The fourth-order valence-electron chi connectivity index (χ4n) is 8.53. The number of fused-ring (bicyclic) bond motifs is 6. The molecule has 5 aliphatic rings. The van der Waals surface area contributed by atoms with Crippen LogP contribution in [0.1, 0.15) is 85.0 Å². The number of rotatable bonds is 1. The van der Waals surface area contributed by atoms with Gasteiger partial charge in [-0.15, -0.1) is 0 Å². The van der Waals surface area contributed by atoms with Gasteiger partial charge in [0.15, 0.2) is 5.79 Å². The predicted octanol–water partition coefficient (Wildman–Crippen LogP) is 4.91. The minimum Gasteiger partial charge on any atom is -0.390 e. The number of aliphatic hydroxyl groups is 1. The summed E-state index contributed by atoms with van der Waals surface area (Å²) in [5, 5.41) is 10.9. The first-order valence-electron chi connectivity index (χ1n) is 11.4. The van der Waals surface area contributed by atoms with Crippen LogP contribution < -0.4 is 0 Å². The summed E-state index contributed by atoms with van der Waals surface area (Å²) >= 11 is 0. The summed E-state index contributed by atoms with van der Waals surface area (Å²) in [4.78, 5) is 0. The van der Waals surface area contributed by atoms with E-state index in [-0.39, 0.29) is 16.8 Å². The van der Waals surface area contributed by atoms with Crippen LogP contribution in [0.5, 0.6) is 0 Å². The Balaban J connectivity index is 1.42. The summed E-state index contributed by atoms with van der Waals surface area (Å²) in [5.41, 5.74) is 0.272. The zero-order valence-corrected chi connectivity index (χ0v) is 17.1. The molecule has 0 unspecified atom stereocenters. The van der Waals surface area contributed by atoms with Crippen molar-refractivity contribution in [3.8, 4) is 0 Å². The van der Waals surface area contributed by atoms with E-state index in [2.05, 4.69) is 20.8 Å². The van der Waals surface area contributed by atoms with Crippen molar-refractivity contribution in [2.45, 2.75) is 96.4 Å². The molecular formula is C23H38O3. The molecule has 1 saturated heterocycles. The summed E-state index contributed by atoms with van der Waals surface area (Å²) in [7, 11) is 0. The fourth-order valence-corrected chi connectivity index (χ4v) is 8.53. The van der Waals surface area contributed by atoms with Crippen molar-refractivity contribution in [3.05, 3.63) is 0 Å². The SMILES string of the molecule is CC[C@@]1(O)CC[C@@]2(C)[C@@H](CC[C@@H]3[C@H]4CCC5(OCCO5)[C@@]4(C)CC[C@@H]32)C1. The van der Waals surface area contributed by atoms with Crippen LogP contribution in [0.25, 0.3) is 0 Å². The lowest BCUT2D eigenvalue weighted by Gasteiger charge is -2.62. The maximum atomic E-state index is 10.9. The van der Waals surface area contributed by atoms with E-state index < -0.39 is 0 Å². The second-order valence-corrected chi connectivity index (χ2v) is 10.9. The molecule has 0 aromatic carbocycles. The normalized spacial score (nSPS) is 55.4. The first kappa shape index (κ1) is 17.9. The van der Waals surface area contributed by atoms with Crippen LogP contribution in [-0.2, 0) is 9.47 Å². The first-order valence-corrected chi connectivity index (χ1v) is 11.4. The van der Waals surface area contributed by atoms with Gasteiger partial charge in [0.2, 0.25) is 0 Å². The smallest absolute Gasteiger partial charge is 0.174 e. The van der Waals surface area contributed by atoms with Gasteiger partial charge in [0.1, 0.15) is 0 Å². The third-order valence-electron chi connectivity index (χ3n) is 10.3. The van der Waals surface area contributed by atoms with Gasteiger partial charge in [0.05, 0.1) is 18.8 Å². The molecular weight excluding hydrogens is 324 g/mol. The van der Waals surface area contributed by atoms with Crippen LogP contribution in [0.3, 0.4) is 0 Å². The Hall–Kier alpha value is -0.120. The highest BCUT2D eigenvalue weighted by atomic mass is 16.7. The van der Waals surface area contributed by atoms with E-state index in [4.69, 9.17) is 9.47 Å². The van der Waals surface area contributed by atoms with E-state index in [9.17, 15) is 5.11 Å². The Morgan fingerprint density at radius 2 is 1.62 bits per heavy atom. The summed E-state index contributed by atoms with van der Waals surface area (Å²) in [6.07, 6.45) is 11.9. The Morgan fingerprint density at radius 1 is 0.885 bits per heavy atom. The molecule has 1 spiro atoms. The highest BCUT2D eigenvalue weighted by molar-refractivity contribution is 5.13. The molecule has 4 aliphatic carbocycles. The summed E-state index contributed by atoms with van der Waals surface area (Å²) in [6.45, 7) is 8.80. The van der Waals surface area contributed by atoms with Gasteiger partial charge in [-0.25, -0.2) is 0 Å². The number of hydrogen-bond acceptors (Lipinski definition) is 3. The minimum atomic E-state index is -0.386. The maximum absolute atomic E-state index is 10.9. The largest absolute Gasteiger partial charge is 0.390 e. The van der Waals surface area contributed by atoms with Crippen LogP contribution in [-0.4, -0.2) is 29.7 Å². The molecule has 0 radical (unpaired) electrons. The molecule has 4 saturated carbocycles. The second kappa shape index (κ2) is 5.70. The quantitative estimate of drug-likeness (QED) is 0.720. The van der Waals surface area contributed by atoms with E-state index in [1.54, 1.807) is 0 Å². The van der Waals surface area contributed by atoms with E-state index >= 15 is 0 Å². The fraction of sp³-hybridized carbons (Fsp3) is 1.00. The summed E-state index contributed by atoms with van der Waals surface area (Å²) in [5.74, 6) is 2.91. The van der Waals surface area contributed by atoms with Crippen LogP contribution in [0.4, 0.5) is 0 Å². The van der Waals surface area contributed by atoms with Gasteiger partial charge in [-0.3, -0.25) is 0 Å². The highest BCUT2D eigenvalue weighted by Crippen LogP contribution is 2.70. The Bertz CT molecular complexity index is 570. The van der Waals surface area contributed by atoms with E-state index in [1.807, 2.05) is 0 Å². The lowest BCUT2D eigenvalue weighted by molar-refractivity contribution is -0.249. The number of hydrogen-bond donors (Lipinski definition) is 1. The standard InChI is InChI=1S/C23H38O3/c1-4-22(24)12-11-20(2)16(15-22)5-6-17-18(20)7-9-21(3)19(17)8-10-23(21)25-13-14-26-23/h16-19,24H,4-15H2,1-3H3/t16-,17-,18-,19+,20-,21-,22+/m0/s1. The third kappa shape index (κ3) is 2.17. The molecule has 3 heteroatoms. The Kier molecular flexibility index (Phi) is 3.94. The molecule has 1 heterocycles. The van der Waals surface area contributed by atoms with Gasteiger partial charge in [0, 0.05) is 11.8 Å². The van der Waals surface area contributed by atoms with Crippen LogP contribution in [0.15, 0.2) is 0 Å². The molecule has 7 atom stereocenters. The molecule has 5 rings (SSSR count). The average Bonchev–Trinajstić information content (AvgIpc) is 3.22. The molecule has 5 fully saturated rings. The van der Waals surface area contributed by atoms with Crippen molar-refractivity contribution in [1.82, 2.24) is 0 Å². The lowest BCUT2D eigenvalue weighted by atomic mass is 9.44. The van der Waals surface area contributed by atoms with Crippen molar-refractivity contribution >= 4 is 0 Å². The van der Waals surface area contributed by atoms with Crippen molar-refractivity contribution in [1.29, 1.82) is 0 Å². The second-order valence-electron chi connectivity index (χ2n) is 10.9. The van der Waals surface area contributed by atoms with Crippen LogP contribution in [0.2, 0.25) is 0 Å². The zero-order chi connectivity index (χ0) is 18.2. The lowest BCUT2D eigenvalue weighted by Crippen LogP contribution is -2.58. The van der Waals surface area contributed by atoms with Crippen LogP contribution >= 0.6 is 0 Å². The monoisotopic (exact) mass is 362 g/mol. The molecule has 0 amide bonds. The van der Waals surface area contributed by atoms with Crippen molar-refractivity contribution in [2.24, 2.45) is 34.5 Å². The van der Waals surface area contributed by atoms with Gasteiger partial charge >= 0.3 is 0 Å². The third-order valence-corrected chi connectivity index (χ3v) is 10.3. The van der Waals surface area contributed by atoms with Gasteiger partial charge < -0.3 is 14.6 Å². The highest BCUT2D eigenvalue weighted by Gasteiger charge is 2.67. The summed E-state index contributed by atoms with van der Waals surface area (Å²) in [6, 6.07) is 0. The average molecular weight is 363 g/mol. The van der Waals surface area contributed by atoms with Crippen molar-refractivity contribution < 1.29 is 14.6 Å². The molecule has 1 aliphatic heterocycles. The van der Waals surface area contributed by atoms with Crippen molar-refractivity contribution in [2.75, 3.05) is 13.2 Å². The van der Waals surface area contributed by atoms with E-state index in [0.29, 0.717) is 5.41 Å². The predicted molar refractivity (Wildman–Crippen MR) is 102 cm³/mol. The Morgan fingerprint density at radius 3 is 2.35 bits per heavy atom. The van der Waals surface area contributed by atoms with E-state index in [1.165, 1.54) is 38.5 Å². The van der Waals surface area contributed by atoms with Gasteiger partial charge in [0.25, 0.3) is 0 Å². The minimum absolute atomic E-state index is 0.215. The number of ether oxygens (including phenoxy) is 2. The van der Waals surface area contributed by atoms with E-state index in [0.717, 1.165) is 62.6 Å². The van der Waals surface area contributed by atoms with Crippen LogP contribution in [0, 0.1) is 34.5 Å². The van der Waals surface area contributed by atoms with Gasteiger partial charge in [-0.05, 0) is 86.9 Å². The zero-order valence-electron chi connectivity index (χ0n) is 17.1. The Labute approximate surface area is 159 Å². The van der Waals surface area contributed by atoms with Gasteiger partial charge in [-0.1, -0.05) is 20.8 Å². The molecule has 3 nitrogen and oxygen atoms in total.